The number of benzene rings is 1. The number of pyridine rings is 2. The monoisotopic (exact) mass is 339 g/mol. The summed E-state index contributed by atoms with van der Waals surface area (Å²) in [6.45, 7) is 0.967. The molecular weight excluding hydrogens is 324 g/mol. The Balaban J connectivity index is 1.55. The maximum absolute atomic E-state index is 13.8. The Kier molecular flexibility index (Phi) is 3.87. The van der Waals surface area contributed by atoms with Crippen LogP contribution in [0.25, 0.3) is 11.0 Å². The number of aromatic nitrogens is 2. The predicted octanol–water partition coefficient (Wildman–Crippen LogP) is 3.04. The Hall–Kier alpha value is -2.89. The minimum Gasteiger partial charge on any atom is -0.338 e. The fourth-order valence-corrected chi connectivity index (χ4v) is 3.12. The van der Waals surface area contributed by atoms with E-state index in [1.807, 2.05) is 18.2 Å². The van der Waals surface area contributed by atoms with Gasteiger partial charge < -0.3 is 4.90 Å². The van der Waals surface area contributed by atoms with Crippen LogP contribution in [-0.4, -0.2) is 27.3 Å². The number of hydrogen-bond donors (Lipinski definition) is 0. The third kappa shape index (κ3) is 3.07. The van der Waals surface area contributed by atoms with Crippen LogP contribution in [0.15, 0.2) is 42.6 Å². The van der Waals surface area contributed by atoms with Crippen molar-refractivity contribution in [2.45, 2.75) is 19.4 Å². The number of halogens is 2. The fraction of sp³-hybridized carbons (Fsp3) is 0.211. The summed E-state index contributed by atoms with van der Waals surface area (Å²) in [5.74, 6) is -1.51. The zero-order chi connectivity index (χ0) is 17.4. The molecule has 0 atom stereocenters. The summed E-state index contributed by atoms with van der Waals surface area (Å²) < 4.78 is 26.7. The lowest BCUT2D eigenvalue weighted by Crippen LogP contribution is -2.37. The van der Waals surface area contributed by atoms with E-state index in [1.54, 1.807) is 11.1 Å². The summed E-state index contributed by atoms with van der Waals surface area (Å²) in [5.41, 5.74) is 2.84. The summed E-state index contributed by atoms with van der Waals surface area (Å²) in [7, 11) is 0. The zero-order valence-corrected chi connectivity index (χ0v) is 13.4. The Labute approximate surface area is 143 Å². The highest BCUT2D eigenvalue weighted by Crippen LogP contribution is 2.22. The topological polar surface area (TPSA) is 46.1 Å². The van der Waals surface area contributed by atoms with E-state index in [0.717, 1.165) is 22.7 Å². The van der Waals surface area contributed by atoms with Gasteiger partial charge in [0, 0.05) is 42.9 Å². The first-order valence-corrected chi connectivity index (χ1v) is 8.05. The summed E-state index contributed by atoms with van der Waals surface area (Å²) >= 11 is 0. The van der Waals surface area contributed by atoms with Gasteiger partial charge in [-0.25, -0.2) is 18.7 Å². The molecular formula is C19H15F2N3O. The normalized spacial score (nSPS) is 13.8. The minimum absolute atomic E-state index is 0.0794. The van der Waals surface area contributed by atoms with Gasteiger partial charge in [0.25, 0.3) is 0 Å². The Morgan fingerprint density at radius 2 is 2.08 bits per heavy atom. The lowest BCUT2D eigenvalue weighted by molar-refractivity contribution is -0.131. The van der Waals surface area contributed by atoms with E-state index in [0.29, 0.717) is 25.2 Å². The average Bonchev–Trinajstić information content (AvgIpc) is 2.61. The standard InChI is InChI=1S/C19H15F2N3O/c20-15-4-3-12(16(21)10-15)9-18(25)24-7-5-17-14(11-24)8-13-2-1-6-22-19(13)23-17/h1-4,6,8,10H,5,7,9,11H2. The molecule has 4 rings (SSSR count). The molecule has 2 aromatic heterocycles. The Morgan fingerprint density at radius 1 is 1.20 bits per heavy atom. The maximum Gasteiger partial charge on any atom is 0.227 e. The molecule has 0 saturated heterocycles. The third-order valence-corrected chi connectivity index (χ3v) is 4.45. The van der Waals surface area contributed by atoms with Gasteiger partial charge in [-0.15, -0.1) is 0 Å². The van der Waals surface area contributed by atoms with Gasteiger partial charge >= 0.3 is 0 Å². The highest BCUT2D eigenvalue weighted by Gasteiger charge is 2.23. The molecule has 0 bridgehead atoms. The lowest BCUT2D eigenvalue weighted by Gasteiger charge is -2.28. The van der Waals surface area contributed by atoms with Gasteiger partial charge in [-0.05, 0) is 35.4 Å². The molecule has 126 valence electrons. The molecule has 3 heterocycles. The molecule has 0 fully saturated rings. The van der Waals surface area contributed by atoms with Crippen LogP contribution in [-0.2, 0) is 24.2 Å². The second-order valence-corrected chi connectivity index (χ2v) is 6.12. The first-order valence-electron chi connectivity index (χ1n) is 8.05. The number of rotatable bonds is 2. The molecule has 1 amide bonds. The van der Waals surface area contributed by atoms with Crippen molar-refractivity contribution in [1.29, 1.82) is 0 Å². The molecule has 4 nitrogen and oxygen atoms in total. The SMILES string of the molecule is O=C(Cc1ccc(F)cc1F)N1CCc2nc3ncccc3cc2C1. The maximum atomic E-state index is 13.8. The number of carbonyl (C=O) groups is 1. The molecule has 0 aliphatic carbocycles. The van der Waals surface area contributed by atoms with Crippen LogP contribution in [0.1, 0.15) is 16.8 Å². The van der Waals surface area contributed by atoms with Gasteiger partial charge in [-0.1, -0.05) is 6.07 Å². The first-order chi connectivity index (χ1) is 12.1. The van der Waals surface area contributed by atoms with E-state index >= 15 is 0 Å². The molecule has 1 aromatic carbocycles. The molecule has 0 saturated carbocycles. The fourth-order valence-electron chi connectivity index (χ4n) is 3.12. The Morgan fingerprint density at radius 3 is 2.92 bits per heavy atom. The van der Waals surface area contributed by atoms with E-state index < -0.39 is 11.6 Å². The number of nitrogens with zero attached hydrogens (tertiary/aromatic N) is 3. The second kappa shape index (κ2) is 6.20. The number of amides is 1. The van der Waals surface area contributed by atoms with Gasteiger partial charge in [0.1, 0.15) is 11.6 Å². The molecule has 1 aliphatic heterocycles. The van der Waals surface area contributed by atoms with Gasteiger partial charge in [-0.2, -0.15) is 0 Å². The molecule has 0 unspecified atom stereocenters. The van der Waals surface area contributed by atoms with Gasteiger partial charge in [0.15, 0.2) is 5.65 Å². The van der Waals surface area contributed by atoms with E-state index in [9.17, 15) is 13.6 Å². The van der Waals surface area contributed by atoms with Crippen LogP contribution >= 0.6 is 0 Å². The van der Waals surface area contributed by atoms with Crippen molar-refractivity contribution in [1.82, 2.24) is 14.9 Å². The minimum atomic E-state index is -0.690. The Bertz CT molecular complexity index is 974. The van der Waals surface area contributed by atoms with E-state index in [2.05, 4.69) is 9.97 Å². The molecule has 0 radical (unpaired) electrons. The van der Waals surface area contributed by atoms with Gasteiger partial charge in [0.05, 0.1) is 6.42 Å². The highest BCUT2D eigenvalue weighted by atomic mass is 19.1. The van der Waals surface area contributed by atoms with Crippen LogP contribution < -0.4 is 0 Å². The van der Waals surface area contributed by atoms with Gasteiger partial charge in [0.2, 0.25) is 5.91 Å². The molecule has 0 N–H and O–H groups in total. The number of hydrogen-bond acceptors (Lipinski definition) is 3. The van der Waals surface area contributed by atoms with Crippen LogP contribution in [0.5, 0.6) is 0 Å². The van der Waals surface area contributed by atoms with E-state index in [-0.39, 0.29) is 17.9 Å². The van der Waals surface area contributed by atoms with Crippen molar-refractivity contribution in [2.24, 2.45) is 0 Å². The number of fused-ring (bicyclic) bond motifs is 2. The molecule has 0 spiro atoms. The summed E-state index contributed by atoms with van der Waals surface area (Å²) in [6, 6.07) is 9.07. The second-order valence-electron chi connectivity index (χ2n) is 6.12. The summed E-state index contributed by atoms with van der Waals surface area (Å²) in [4.78, 5) is 23.0. The van der Waals surface area contributed by atoms with E-state index in [4.69, 9.17) is 0 Å². The predicted molar refractivity (Wildman–Crippen MR) is 88.7 cm³/mol. The van der Waals surface area contributed by atoms with Crippen molar-refractivity contribution in [3.8, 4) is 0 Å². The van der Waals surface area contributed by atoms with Crippen LogP contribution in [0.2, 0.25) is 0 Å². The van der Waals surface area contributed by atoms with E-state index in [1.165, 1.54) is 12.1 Å². The zero-order valence-electron chi connectivity index (χ0n) is 13.4. The molecule has 6 heteroatoms. The van der Waals surface area contributed by atoms with Crippen LogP contribution in [0.4, 0.5) is 8.78 Å². The molecule has 25 heavy (non-hydrogen) atoms. The van der Waals surface area contributed by atoms with Gasteiger partial charge in [-0.3, -0.25) is 4.79 Å². The average molecular weight is 339 g/mol. The van der Waals surface area contributed by atoms with Crippen LogP contribution in [0, 0.1) is 11.6 Å². The van der Waals surface area contributed by atoms with Crippen molar-refractivity contribution in [3.05, 3.63) is 71.1 Å². The first kappa shape index (κ1) is 15.6. The highest BCUT2D eigenvalue weighted by molar-refractivity contribution is 5.80. The smallest absolute Gasteiger partial charge is 0.227 e. The third-order valence-electron chi connectivity index (χ3n) is 4.45. The quantitative estimate of drug-likeness (QED) is 0.721. The van der Waals surface area contributed by atoms with Crippen molar-refractivity contribution < 1.29 is 13.6 Å². The van der Waals surface area contributed by atoms with Crippen molar-refractivity contribution in [2.75, 3.05) is 6.54 Å². The lowest BCUT2D eigenvalue weighted by atomic mass is 10.0. The molecule has 3 aromatic rings. The van der Waals surface area contributed by atoms with Crippen molar-refractivity contribution in [3.63, 3.8) is 0 Å². The molecule has 1 aliphatic rings. The number of carbonyl (C=O) groups excluding carboxylic acids is 1. The largest absolute Gasteiger partial charge is 0.338 e. The summed E-state index contributed by atoms with van der Waals surface area (Å²) in [6.07, 6.45) is 2.27. The van der Waals surface area contributed by atoms with Crippen LogP contribution in [0.3, 0.4) is 0 Å². The summed E-state index contributed by atoms with van der Waals surface area (Å²) in [5, 5.41) is 0.931. The van der Waals surface area contributed by atoms with Crippen molar-refractivity contribution >= 4 is 16.9 Å².